The molecule has 11 rings (SSSR count). The Morgan fingerprint density at radius 1 is 0.661 bits per heavy atom. The second-order valence-corrected chi connectivity index (χ2v) is 17.7. The molecule has 0 saturated carbocycles. The topological polar surface area (TPSA) is 106 Å². The van der Waals surface area contributed by atoms with Crippen molar-refractivity contribution in [1.82, 2.24) is 10.1 Å². The number of rotatable bonds is 1. The van der Waals surface area contributed by atoms with Gasteiger partial charge in [-0.05, 0) is 138 Å². The number of nitrogens with two attached hydrogens (primary N) is 2. The van der Waals surface area contributed by atoms with Gasteiger partial charge in [-0.3, -0.25) is 0 Å². The van der Waals surface area contributed by atoms with Gasteiger partial charge in [0, 0.05) is 40.5 Å². The molecule has 0 saturated heterocycles. The van der Waals surface area contributed by atoms with Gasteiger partial charge in [-0.15, -0.1) is 0 Å². The maximum Gasteiger partial charge on any atom is 0.221 e. The quantitative estimate of drug-likeness (QED) is 0.164. The molecular weight excluding hydrogens is 812 g/mol. The third kappa shape index (κ3) is 5.65. The number of hydrogen-bond donors (Lipinski definition) is 2. The van der Waals surface area contributed by atoms with Crippen LogP contribution in [0.5, 0.6) is 0 Å². The first-order valence-electron chi connectivity index (χ1n) is 19.9. The fourth-order valence-corrected chi connectivity index (χ4v) is 11.1. The second-order valence-electron chi connectivity index (χ2n) is 16.8. The summed E-state index contributed by atoms with van der Waals surface area (Å²) in [4.78, 5) is 26.2. The Morgan fingerprint density at radius 3 is 1.93 bits per heavy atom. The van der Waals surface area contributed by atoms with Crippen LogP contribution in [-0.4, -0.2) is 36.1 Å². The molecule has 0 aromatic heterocycles. The van der Waals surface area contributed by atoms with Gasteiger partial charge in [0.25, 0.3) is 0 Å². The molecule has 5 aromatic rings. The number of hydrogen-bond acceptors (Lipinski definition) is 8. The minimum absolute atomic E-state index is 0.138. The summed E-state index contributed by atoms with van der Waals surface area (Å²) < 4.78 is 29.1. The number of hydroxylamine groups is 4. The van der Waals surface area contributed by atoms with Gasteiger partial charge in [0.15, 0.2) is 5.69 Å². The van der Waals surface area contributed by atoms with E-state index in [1.54, 1.807) is 48.5 Å². The third-order valence-corrected chi connectivity index (χ3v) is 14.1. The summed E-state index contributed by atoms with van der Waals surface area (Å²) in [5.74, 6) is 0.420. The zero-order chi connectivity index (χ0) is 40.9. The summed E-state index contributed by atoms with van der Waals surface area (Å²) in [5, 5.41) is 3.11. The van der Waals surface area contributed by atoms with E-state index in [0.29, 0.717) is 30.4 Å². The number of aliphatic imine (C=N–C) groups is 2. The van der Waals surface area contributed by atoms with Crippen molar-refractivity contribution in [3.05, 3.63) is 169 Å². The molecule has 0 amide bonds. The lowest BCUT2D eigenvalue weighted by atomic mass is 9.65. The minimum Gasteiger partial charge on any atom is -0.368 e. The largest absolute Gasteiger partial charge is 0.368 e. The Hall–Kier alpha value is -5.61. The maximum absolute atomic E-state index is 14.5. The number of benzene rings is 5. The Bertz CT molecular complexity index is 2700. The molecule has 2 heterocycles. The summed E-state index contributed by atoms with van der Waals surface area (Å²) in [6.07, 6.45) is 6.19. The zero-order valence-electron chi connectivity index (χ0n) is 32.7. The summed E-state index contributed by atoms with van der Waals surface area (Å²) in [5.41, 5.74) is 21.2. The Balaban J connectivity index is 0.000000147. The van der Waals surface area contributed by atoms with Crippen molar-refractivity contribution in [2.45, 2.75) is 62.8 Å². The molecule has 6 aliphatic rings. The average Bonchev–Trinajstić information content (AvgIpc) is 3.88. The Labute approximate surface area is 350 Å². The van der Waals surface area contributed by atoms with Crippen molar-refractivity contribution in [1.29, 1.82) is 0 Å². The summed E-state index contributed by atoms with van der Waals surface area (Å²) in [6, 6.07) is 30.7. The molecule has 5 aromatic carbocycles. The van der Waals surface area contributed by atoms with E-state index >= 15 is 0 Å². The molecule has 4 aliphatic carbocycles. The molecule has 4 spiro atoms. The maximum atomic E-state index is 14.5. The first-order chi connectivity index (χ1) is 28.4. The first kappa shape index (κ1) is 37.6. The van der Waals surface area contributed by atoms with Gasteiger partial charge in [-0.25, -0.2) is 43.4 Å². The van der Waals surface area contributed by atoms with E-state index < -0.39 is 11.4 Å². The summed E-state index contributed by atoms with van der Waals surface area (Å²) in [6.45, 7) is 7.35. The van der Waals surface area contributed by atoms with Crippen molar-refractivity contribution in [2.24, 2.45) is 32.3 Å². The highest BCUT2D eigenvalue weighted by molar-refractivity contribution is 9.10. The van der Waals surface area contributed by atoms with Crippen LogP contribution in [0.1, 0.15) is 57.3 Å². The smallest absolute Gasteiger partial charge is 0.221 e. The number of guanidine groups is 2. The molecule has 4 atom stereocenters. The molecule has 298 valence electrons. The van der Waals surface area contributed by atoms with Crippen molar-refractivity contribution in [3.63, 3.8) is 0 Å². The zero-order valence-corrected chi connectivity index (χ0v) is 34.3. The van der Waals surface area contributed by atoms with Crippen molar-refractivity contribution in [3.8, 4) is 11.1 Å². The molecule has 0 radical (unpaired) electrons. The number of nitrogens with zero attached hydrogens (tertiary/aromatic N) is 5. The van der Waals surface area contributed by atoms with E-state index in [4.69, 9.17) is 37.7 Å². The van der Waals surface area contributed by atoms with Gasteiger partial charge >= 0.3 is 0 Å². The third-order valence-electron chi connectivity index (χ3n) is 13.6. The van der Waals surface area contributed by atoms with E-state index in [-0.39, 0.29) is 22.5 Å². The van der Waals surface area contributed by atoms with Crippen LogP contribution >= 0.6 is 15.9 Å². The van der Waals surface area contributed by atoms with Gasteiger partial charge in [0.2, 0.25) is 23.4 Å². The van der Waals surface area contributed by atoms with Crippen LogP contribution < -0.4 is 11.5 Å². The molecule has 4 unspecified atom stereocenters. The minimum atomic E-state index is -0.960. The predicted octanol–water partition coefficient (Wildman–Crippen LogP) is 8.78. The summed E-state index contributed by atoms with van der Waals surface area (Å²) in [7, 11) is 3.57. The highest BCUT2D eigenvalue weighted by Gasteiger charge is 2.65. The van der Waals surface area contributed by atoms with Crippen molar-refractivity contribution < 1.29 is 18.5 Å². The highest BCUT2D eigenvalue weighted by atomic mass is 79.9. The fraction of sp³-hybridized carbons (Fsp3) is 0.298. The highest BCUT2D eigenvalue weighted by Crippen LogP contribution is 2.62. The van der Waals surface area contributed by atoms with E-state index in [2.05, 4.69) is 57.2 Å². The van der Waals surface area contributed by atoms with E-state index in [1.807, 2.05) is 30.3 Å². The average molecular weight is 855 g/mol. The SMILES string of the molecule is CN1OC2(N=C1N)c1cc(Br)ccc1CC21CCc2cc(F)ccc2C1.[C-]#[N+]c1cccc(-c2ccc3c(c2)C2(N=C(N)N(C)O2)C2(CCc4c(F)cccc4C2)C3)c1. The number of fused-ring (bicyclic) bond motifs is 8. The Morgan fingerprint density at radius 2 is 1.25 bits per heavy atom. The van der Waals surface area contributed by atoms with Crippen LogP contribution in [-0.2, 0) is 59.7 Å². The van der Waals surface area contributed by atoms with E-state index in [0.717, 1.165) is 81.9 Å². The predicted molar refractivity (Wildman–Crippen MR) is 226 cm³/mol. The van der Waals surface area contributed by atoms with E-state index in [1.165, 1.54) is 22.8 Å². The van der Waals surface area contributed by atoms with Crippen LogP contribution in [0.3, 0.4) is 0 Å². The van der Waals surface area contributed by atoms with Gasteiger partial charge in [0.1, 0.15) is 11.6 Å². The lowest BCUT2D eigenvalue weighted by molar-refractivity contribution is -0.224. The molecule has 2 aliphatic heterocycles. The fourth-order valence-electron chi connectivity index (χ4n) is 10.8. The van der Waals surface area contributed by atoms with Crippen molar-refractivity contribution >= 4 is 33.5 Å². The molecule has 0 bridgehead atoms. The van der Waals surface area contributed by atoms with Crippen molar-refractivity contribution in [2.75, 3.05) is 14.1 Å². The molecule has 59 heavy (non-hydrogen) atoms. The summed E-state index contributed by atoms with van der Waals surface area (Å²) >= 11 is 3.58. The van der Waals surface area contributed by atoms with Crippen LogP contribution in [0.25, 0.3) is 16.0 Å². The normalized spacial score (nSPS) is 26.9. The molecule has 12 heteroatoms. The Kier molecular flexibility index (Phi) is 8.59. The van der Waals surface area contributed by atoms with Gasteiger partial charge < -0.3 is 11.5 Å². The van der Waals surface area contributed by atoms with Crippen LogP contribution in [0.2, 0.25) is 0 Å². The molecule has 4 N–H and O–H groups in total. The van der Waals surface area contributed by atoms with Gasteiger partial charge in [-0.1, -0.05) is 70.5 Å². The number of halogens is 3. The lowest BCUT2D eigenvalue weighted by Crippen LogP contribution is -2.47. The van der Waals surface area contributed by atoms with Crippen LogP contribution in [0.15, 0.2) is 112 Å². The van der Waals surface area contributed by atoms with Crippen LogP contribution in [0.4, 0.5) is 14.5 Å². The van der Waals surface area contributed by atoms with Gasteiger partial charge in [-0.2, -0.15) is 0 Å². The van der Waals surface area contributed by atoms with Crippen LogP contribution in [0, 0.1) is 29.0 Å². The molecule has 0 fully saturated rings. The second kappa shape index (κ2) is 13.5. The first-order valence-corrected chi connectivity index (χ1v) is 20.7. The number of aryl methyl sites for hydroxylation is 1. The molecular formula is C47H42BrF2N7O2. The van der Waals surface area contributed by atoms with E-state index in [9.17, 15) is 8.78 Å². The lowest BCUT2D eigenvalue weighted by Gasteiger charge is -2.44. The standard InChI is InChI=1S/C27H23FN4O.C20H19BrFN3O/c1-30-21-7-3-5-17(13-21)18-9-10-20-16-26(12-11-22-19(15-26)6-4-8-24(22)28)27(23(20)14-18)31-25(29)32(2)33-27;1-25-18(23)24-20(26-25)17-9-15(21)4-2-14(17)11-19(20)7-6-12-8-16(22)5-3-13(12)10-19/h3-10,13-14H,11-12,15-16H2,2H3,(H2,29,31);2-5,8-9H,6-7,10-11H2,1H3,(H2,23,24). The van der Waals surface area contributed by atoms with Gasteiger partial charge in [0.05, 0.1) is 6.57 Å². The molecule has 9 nitrogen and oxygen atoms in total. The monoisotopic (exact) mass is 853 g/mol.